The summed E-state index contributed by atoms with van der Waals surface area (Å²) < 4.78 is 0. The molecule has 0 radical (unpaired) electrons. The standard InChI is InChI=1S/C15H16ClNO4/c16-11-5-3-10(4-6-11)13(18)7-8-14(19)17-9-1-2-12(17)15(20)21/h3-6,12H,1-2,7-9H2,(H,20,21)/t12-/m1/s1. The van der Waals surface area contributed by atoms with Crippen molar-refractivity contribution in [1.29, 1.82) is 0 Å². The van der Waals surface area contributed by atoms with Gasteiger partial charge in [-0.1, -0.05) is 11.6 Å². The molecule has 112 valence electrons. The number of Topliss-reactive ketones (excluding diaryl/α,β-unsaturated/α-hetero) is 1. The van der Waals surface area contributed by atoms with Gasteiger partial charge in [0.05, 0.1) is 0 Å². The summed E-state index contributed by atoms with van der Waals surface area (Å²) in [5, 5.41) is 9.59. The molecule has 0 aliphatic carbocycles. The fourth-order valence-electron chi connectivity index (χ4n) is 2.47. The fraction of sp³-hybridized carbons (Fsp3) is 0.400. The minimum Gasteiger partial charge on any atom is -0.480 e. The first-order valence-corrected chi connectivity index (χ1v) is 7.18. The van der Waals surface area contributed by atoms with Crippen molar-refractivity contribution in [3.05, 3.63) is 34.9 Å². The number of aliphatic carboxylic acids is 1. The van der Waals surface area contributed by atoms with Gasteiger partial charge in [0, 0.05) is 30.0 Å². The first-order valence-electron chi connectivity index (χ1n) is 6.80. The summed E-state index contributed by atoms with van der Waals surface area (Å²) in [7, 11) is 0. The van der Waals surface area contributed by atoms with Crippen molar-refractivity contribution in [2.45, 2.75) is 31.7 Å². The van der Waals surface area contributed by atoms with Gasteiger partial charge in [0.25, 0.3) is 0 Å². The quantitative estimate of drug-likeness (QED) is 0.847. The second-order valence-corrected chi connectivity index (χ2v) is 5.45. The highest BCUT2D eigenvalue weighted by atomic mass is 35.5. The van der Waals surface area contributed by atoms with Gasteiger partial charge >= 0.3 is 5.97 Å². The average molecular weight is 310 g/mol. The van der Waals surface area contributed by atoms with Gasteiger partial charge in [0.2, 0.25) is 5.91 Å². The molecular weight excluding hydrogens is 294 g/mol. The molecule has 0 unspecified atom stereocenters. The largest absolute Gasteiger partial charge is 0.480 e. The Hall–Kier alpha value is -1.88. The maximum Gasteiger partial charge on any atom is 0.326 e. The van der Waals surface area contributed by atoms with E-state index in [1.807, 2.05) is 0 Å². The van der Waals surface area contributed by atoms with Crippen molar-refractivity contribution in [3.63, 3.8) is 0 Å². The molecule has 1 aromatic rings. The molecule has 0 bridgehead atoms. The summed E-state index contributed by atoms with van der Waals surface area (Å²) in [6, 6.07) is 5.73. The number of hydrogen-bond donors (Lipinski definition) is 1. The lowest BCUT2D eigenvalue weighted by Crippen LogP contribution is -2.40. The zero-order valence-electron chi connectivity index (χ0n) is 11.4. The van der Waals surface area contributed by atoms with Crippen molar-refractivity contribution >= 4 is 29.3 Å². The van der Waals surface area contributed by atoms with Crippen LogP contribution in [0, 0.1) is 0 Å². The van der Waals surface area contributed by atoms with Crippen LogP contribution in [0.25, 0.3) is 0 Å². The van der Waals surface area contributed by atoms with Crippen molar-refractivity contribution in [3.8, 4) is 0 Å². The van der Waals surface area contributed by atoms with Crippen LogP contribution in [0.2, 0.25) is 5.02 Å². The summed E-state index contributed by atoms with van der Waals surface area (Å²) in [6.45, 7) is 0.449. The van der Waals surface area contributed by atoms with Gasteiger partial charge in [-0.05, 0) is 37.1 Å². The van der Waals surface area contributed by atoms with Crippen LogP contribution in [0.15, 0.2) is 24.3 Å². The van der Waals surface area contributed by atoms with Gasteiger partial charge < -0.3 is 10.0 Å². The van der Waals surface area contributed by atoms with Crippen LogP contribution >= 0.6 is 11.6 Å². The van der Waals surface area contributed by atoms with E-state index >= 15 is 0 Å². The van der Waals surface area contributed by atoms with E-state index in [0.29, 0.717) is 30.0 Å². The number of likely N-dealkylation sites (tertiary alicyclic amines) is 1. The Labute approximate surface area is 127 Å². The number of carboxylic acids is 1. The molecule has 0 spiro atoms. The number of benzene rings is 1. The molecule has 1 N–H and O–H groups in total. The summed E-state index contributed by atoms with van der Waals surface area (Å²) in [6.07, 6.45) is 1.27. The predicted molar refractivity (Wildman–Crippen MR) is 77.4 cm³/mol. The molecule has 1 heterocycles. The maximum absolute atomic E-state index is 12.0. The van der Waals surface area contributed by atoms with E-state index in [0.717, 1.165) is 0 Å². The summed E-state index contributed by atoms with van der Waals surface area (Å²) in [5.74, 6) is -1.40. The maximum atomic E-state index is 12.0. The van der Waals surface area contributed by atoms with Crippen LogP contribution in [-0.2, 0) is 9.59 Å². The van der Waals surface area contributed by atoms with Crippen molar-refractivity contribution in [2.24, 2.45) is 0 Å². The highest BCUT2D eigenvalue weighted by Crippen LogP contribution is 2.19. The van der Waals surface area contributed by atoms with Crippen LogP contribution < -0.4 is 0 Å². The van der Waals surface area contributed by atoms with Gasteiger partial charge in [-0.15, -0.1) is 0 Å². The number of carboxylic acid groups (broad SMARTS) is 1. The first-order chi connectivity index (χ1) is 9.99. The molecule has 0 aromatic heterocycles. The molecule has 1 saturated heterocycles. The molecule has 2 rings (SSSR count). The molecule has 1 atom stereocenters. The van der Waals surface area contributed by atoms with E-state index < -0.39 is 12.0 Å². The smallest absolute Gasteiger partial charge is 0.326 e. The minimum atomic E-state index is -0.982. The Balaban J connectivity index is 1.90. The van der Waals surface area contributed by atoms with Crippen LogP contribution in [0.1, 0.15) is 36.0 Å². The number of rotatable bonds is 5. The summed E-state index contributed by atoms with van der Waals surface area (Å²) >= 11 is 5.75. The number of nitrogens with zero attached hydrogens (tertiary/aromatic N) is 1. The minimum absolute atomic E-state index is 0.0330. The second kappa shape index (κ2) is 6.72. The number of carbonyl (C=O) groups excluding carboxylic acids is 2. The molecule has 1 aromatic carbocycles. The zero-order valence-corrected chi connectivity index (χ0v) is 12.2. The number of ketones is 1. The van der Waals surface area contributed by atoms with E-state index in [2.05, 4.69) is 0 Å². The van der Waals surface area contributed by atoms with Gasteiger partial charge in [-0.25, -0.2) is 4.79 Å². The van der Waals surface area contributed by atoms with Gasteiger partial charge in [-0.3, -0.25) is 9.59 Å². The number of amides is 1. The number of hydrogen-bond acceptors (Lipinski definition) is 3. The molecule has 1 amide bonds. The average Bonchev–Trinajstić information content (AvgIpc) is 2.95. The van der Waals surface area contributed by atoms with E-state index in [1.165, 1.54) is 4.90 Å². The van der Waals surface area contributed by atoms with Gasteiger partial charge in [0.1, 0.15) is 6.04 Å². The monoisotopic (exact) mass is 309 g/mol. The molecule has 5 nitrogen and oxygen atoms in total. The Bertz CT molecular complexity index is 555. The highest BCUT2D eigenvalue weighted by Gasteiger charge is 2.33. The molecular formula is C15H16ClNO4. The topological polar surface area (TPSA) is 74.7 Å². The zero-order chi connectivity index (χ0) is 15.4. The third kappa shape index (κ3) is 3.82. The predicted octanol–water partition coefficient (Wildman–Crippen LogP) is 2.38. The van der Waals surface area contributed by atoms with Crippen LogP contribution in [-0.4, -0.2) is 40.3 Å². The highest BCUT2D eigenvalue weighted by molar-refractivity contribution is 6.30. The van der Waals surface area contributed by atoms with Crippen molar-refractivity contribution in [2.75, 3.05) is 6.54 Å². The van der Waals surface area contributed by atoms with E-state index in [9.17, 15) is 14.4 Å². The molecule has 6 heteroatoms. The van der Waals surface area contributed by atoms with Crippen molar-refractivity contribution in [1.82, 2.24) is 4.90 Å². The van der Waals surface area contributed by atoms with Gasteiger partial charge in [0.15, 0.2) is 5.78 Å². The Morgan fingerprint density at radius 1 is 1.19 bits per heavy atom. The van der Waals surface area contributed by atoms with E-state index in [4.69, 9.17) is 16.7 Å². The normalized spacial score (nSPS) is 17.8. The number of halogens is 1. The lowest BCUT2D eigenvalue weighted by molar-refractivity contribution is -0.148. The van der Waals surface area contributed by atoms with E-state index in [-0.39, 0.29) is 24.5 Å². The molecule has 0 saturated carbocycles. The second-order valence-electron chi connectivity index (χ2n) is 5.01. The van der Waals surface area contributed by atoms with Crippen molar-refractivity contribution < 1.29 is 19.5 Å². The summed E-state index contributed by atoms with van der Waals surface area (Å²) in [5.41, 5.74) is 0.503. The lowest BCUT2D eigenvalue weighted by Gasteiger charge is -2.21. The first kappa shape index (κ1) is 15.5. The summed E-state index contributed by atoms with van der Waals surface area (Å²) in [4.78, 5) is 36.4. The molecule has 1 fully saturated rings. The van der Waals surface area contributed by atoms with Crippen LogP contribution in [0.4, 0.5) is 0 Å². The SMILES string of the molecule is O=C(CCC(=O)N1CCC[C@@H]1C(=O)O)c1ccc(Cl)cc1. The van der Waals surface area contributed by atoms with E-state index in [1.54, 1.807) is 24.3 Å². The Kier molecular flexibility index (Phi) is 4.96. The van der Waals surface area contributed by atoms with Crippen LogP contribution in [0.5, 0.6) is 0 Å². The third-order valence-corrected chi connectivity index (χ3v) is 3.84. The molecule has 1 aliphatic heterocycles. The van der Waals surface area contributed by atoms with Gasteiger partial charge in [-0.2, -0.15) is 0 Å². The fourth-order valence-corrected chi connectivity index (χ4v) is 2.59. The lowest BCUT2D eigenvalue weighted by atomic mass is 10.1. The molecule has 1 aliphatic rings. The Morgan fingerprint density at radius 3 is 2.48 bits per heavy atom. The Morgan fingerprint density at radius 2 is 1.86 bits per heavy atom. The molecule has 21 heavy (non-hydrogen) atoms. The third-order valence-electron chi connectivity index (χ3n) is 3.59. The number of carbonyl (C=O) groups is 3. The van der Waals surface area contributed by atoms with Crippen LogP contribution in [0.3, 0.4) is 0 Å².